The van der Waals surface area contributed by atoms with Crippen LogP contribution in [0.4, 0.5) is 5.69 Å². The first-order valence-corrected chi connectivity index (χ1v) is 6.32. The second kappa shape index (κ2) is 4.72. The first-order chi connectivity index (χ1) is 8.83. The van der Waals surface area contributed by atoms with Crippen LogP contribution in [0.1, 0.15) is 25.7 Å². The van der Waals surface area contributed by atoms with Crippen LogP contribution in [0, 0.1) is 5.92 Å². The number of nitrogens with one attached hydrogen (secondary N) is 1. The predicted octanol–water partition coefficient (Wildman–Crippen LogP) is 2.76. The van der Waals surface area contributed by atoms with Gasteiger partial charge in [0.25, 0.3) is 0 Å². The third kappa shape index (κ3) is 2.47. The zero-order valence-corrected chi connectivity index (χ0v) is 10.1. The van der Waals surface area contributed by atoms with E-state index in [9.17, 15) is 4.79 Å². The van der Waals surface area contributed by atoms with Gasteiger partial charge in [0, 0.05) is 17.2 Å². The smallest absolute Gasteiger partial charge is 0.224 e. The summed E-state index contributed by atoms with van der Waals surface area (Å²) in [6.45, 7) is 0. The quantitative estimate of drug-likeness (QED) is 0.895. The number of nitrogens with zero attached hydrogens (tertiary/aromatic N) is 2. The number of carbonyl (C=O) groups excluding carboxylic acids is 1. The van der Waals surface area contributed by atoms with Crippen molar-refractivity contribution in [2.24, 2.45) is 5.92 Å². The summed E-state index contributed by atoms with van der Waals surface area (Å²) < 4.78 is 0. The van der Waals surface area contributed by atoms with Crippen molar-refractivity contribution >= 4 is 22.4 Å². The highest BCUT2D eigenvalue weighted by Gasteiger charge is 2.21. The maximum Gasteiger partial charge on any atom is 0.224 e. The number of rotatable bonds is 4. The van der Waals surface area contributed by atoms with Crippen LogP contribution in [0.2, 0.25) is 0 Å². The molecule has 18 heavy (non-hydrogen) atoms. The number of aromatic nitrogens is 2. The molecule has 1 saturated carbocycles. The predicted molar refractivity (Wildman–Crippen MR) is 70.1 cm³/mol. The van der Waals surface area contributed by atoms with Crippen molar-refractivity contribution in [1.82, 2.24) is 10.2 Å². The normalized spacial score (nSPS) is 14.7. The molecule has 0 atom stereocenters. The fourth-order valence-electron chi connectivity index (χ4n) is 2.09. The highest BCUT2D eigenvalue weighted by molar-refractivity contribution is 6.01. The zero-order chi connectivity index (χ0) is 12.4. The van der Waals surface area contributed by atoms with Crippen LogP contribution in [-0.2, 0) is 4.79 Å². The highest BCUT2D eigenvalue weighted by atomic mass is 16.1. The van der Waals surface area contributed by atoms with E-state index in [2.05, 4.69) is 15.5 Å². The van der Waals surface area contributed by atoms with Crippen LogP contribution >= 0.6 is 0 Å². The lowest BCUT2D eigenvalue weighted by Gasteiger charge is -2.07. The standard InChI is InChI=1S/C14H15N3O/c18-14(7-6-10-4-5-10)17-13-3-1-2-11-8-15-16-9-12(11)13/h1-3,8-10H,4-7H2,(H,17,18). The van der Waals surface area contributed by atoms with Crippen molar-refractivity contribution in [2.45, 2.75) is 25.7 Å². The number of carbonyl (C=O) groups is 1. The molecule has 1 amide bonds. The van der Waals surface area contributed by atoms with Gasteiger partial charge in [0.1, 0.15) is 0 Å². The second-order valence-electron chi connectivity index (χ2n) is 4.83. The Morgan fingerprint density at radius 1 is 1.28 bits per heavy atom. The lowest BCUT2D eigenvalue weighted by atomic mass is 10.1. The molecular formula is C14H15N3O. The van der Waals surface area contributed by atoms with Gasteiger partial charge in [-0.1, -0.05) is 25.0 Å². The fraction of sp³-hybridized carbons (Fsp3) is 0.357. The third-order valence-corrected chi connectivity index (χ3v) is 3.34. The largest absolute Gasteiger partial charge is 0.325 e. The first kappa shape index (κ1) is 11.1. The molecule has 0 aliphatic heterocycles. The Morgan fingerprint density at radius 2 is 2.11 bits per heavy atom. The maximum absolute atomic E-state index is 11.8. The molecule has 0 unspecified atom stereocenters. The molecular weight excluding hydrogens is 226 g/mol. The van der Waals surface area contributed by atoms with Crippen molar-refractivity contribution in [3.05, 3.63) is 30.6 Å². The average molecular weight is 241 g/mol. The first-order valence-electron chi connectivity index (χ1n) is 6.32. The Balaban J connectivity index is 1.74. The van der Waals surface area contributed by atoms with Gasteiger partial charge in [0.2, 0.25) is 5.91 Å². The van der Waals surface area contributed by atoms with E-state index in [-0.39, 0.29) is 5.91 Å². The number of anilines is 1. The number of benzene rings is 1. The van der Waals surface area contributed by atoms with Crippen LogP contribution in [0.25, 0.3) is 10.8 Å². The van der Waals surface area contributed by atoms with Gasteiger partial charge in [-0.15, -0.1) is 0 Å². The minimum Gasteiger partial charge on any atom is -0.325 e. The highest BCUT2D eigenvalue weighted by Crippen LogP contribution is 2.33. The summed E-state index contributed by atoms with van der Waals surface area (Å²) in [6.07, 6.45) is 7.59. The van der Waals surface area contributed by atoms with E-state index in [1.165, 1.54) is 12.8 Å². The van der Waals surface area contributed by atoms with Crippen LogP contribution in [-0.4, -0.2) is 16.1 Å². The van der Waals surface area contributed by atoms with Gasteiger partial charge in [0.15, 0.2) is 0 Å². The summed E-state index contributed by atoms with van der Waals surface area (Å²) in [7, 11) is 0. The van der Waals surface area contributed by atoms with E-state index in [4.69, 9.17) is 0 Å². The van der Waals surface area contributed by atoms with Gasteiger partial charge in [-0.25, -0.2) is 0 Å². The molecule has 4 nitrogen and oxygen atoms in total. The second-order valence-corrected chi connectivity index (χ2v) is 4.83. The minimum absolute atomic E-state index is 0.0891. The van der Waals surface area contributed by atoms with Gasteiger partial charge < -0.3 is 5.32 Å². The summed E-state index contributed by atoms with van der Waals surface area (Å²) in [4.78, 5) is 11.8. The van der Waals surface area contributed by atoms with Crippen LogP contribution in [0.15, 0.2) is 30.6 Å². The molecule has 1 fully saturated rings. The molecule has 0 spiro atoms. The molecule has 1 aromatic heterocycles. The molecule has 0 bridgehead atoms. The molecule has 1 heterocycles. The van der Waals surface area contributed by atoms with E-state index < -0.39 is 0 Å². The Hall–Kier alpha value is -1.97. The summed E-state index contributed by atoms with van der Waals surface area (Å²) in [5.41, 5.74) is 0.822. The molecule has 0 saturated heterocycles. The zero-order valence-electron chi connectivity index (χ0n) is 10.1. The molecule has 1 N–H and O–H groups in total. The molecule has 1 aromatic carbocycles. The molecule has 1 aliphatic rings. The Labute approximate surface area is 105 Å². The minimum atomic E-state index is 0.0891. The van der Waals surface area contributed by atoms with E-state index >= 15 is 0 Å². The molecule has 0 radical (unpaired) electrons. The lowest BCUT2D eigenvalue weighted by Crippen LogP contribution is -2.11. The van der Waals surface area contributed by atoms with E-state index in [1.54, 1.807) is 12.4 Å². The van der Waals surface area contributed by atoms with E-state index in [1.807, 2.05) is 18.2 Å². The van der Waals surface area contributed by atoms with Crippen molar-refractivity contribution < 1.29 is 4.79 Å². The SMILES string of the molecule is O=C(CCC1CC1)Nc1cccc2cnncc12. The number of fused-ring (bicyclic) bond motifs is 1. The summed E-state index contributed by atoms with van der Waals surface area (Å²) in [5, 5.41) is 12.6. The molecule has 2 aromatic rings. The van der Waals surface area contributed by atoms with Gasteiger partial charge in [-0.3, -0.25) is 4.79 Å². The molecule has 1 aliphatic carbocycles. The Bertz CT molecular complexity index is 573. The molecule has 92 valence electrons. The number of hydrogen-bond donors (Lipinski definition) is 1. The van der Waals surface area contributed by atoms with Crippen LogP contribution < -0.4 is 5.32 Å². The topological polar surface area (TPSA) is 54.9 Å². The Morgan fingerprint density at radius 3 is 2.94 bits per heavy atom. The molecule has 3 rings (SSSR count). The van der Waals surface area contributed by atoms with Crippen LogP contribution in [0.3, 0.4) is 0 Å². The molecule has 4 heteroatoms. The monoisotopic (exact) mass is 241 g/mol. The number of amides is 1. The van der Waals surface area contributed by atoms with Crippen molar-refractivity contribution in [3.63, 3.8) is 0 Å². The average Bonchev–Trinajstić information content (AvgIpc) is 3.21. The van der Waals surface area contributed by atoms with Crippen molar-refractivity contribution in [2.75, 3.05) is 5.32 Å². The van der Waals surface area contributed by atoms with Gasteiger partial charge in [0.05, 0.1) is 18.1 Å². The van der Waals surface area contributed by atoms with Crippen molar-refractivity contribution in [3.8, 4) is 0 Å². The summed E-state index contributed by atoms with van der Waals surface area (Å²) >= 11 is 0. The van der Waals surface area contributed by atoms with E-state index in [0.717, 1.165) is 28.8 Å². The van der Waals surface area contributed by atoms with Crippen molar-refractivity contribution in [1.29, 1.82) is 0 Å². The van der Waals surface area contributed by atoms with E-state index in [0.29, 0.717) is 6.42 Å². The number of hydrogen-bond acceptors (Lipinski definition) is 3. The Kier molecular flexibility index (Phi) is 2.92. The van der Waals surface area contributed by atoms with Gasteiger partial charge in [-0.2, -0.15) is 10.2 Å². The lowest BCUT2D eigenvalue weighted by molar-refractivity contribution is -0.116. The summed E-state index contributed by atoms with van der Waals surface area (Å²) in [5.74, 6) is 0.875. The van der Waals surface area contributed by atoms with Gasteiger partial charge >= 0.3 is 0 Å². The maximum atomic E-state index is 11.8. The van der Waals surface area contributed by atoms with Gasteiger partial charge in [-0.05, 0) is 18.4 Å². The third-order valence-electron chi connectivity index (χ3n) is 3.34. The van der Waals surface area contributed by atoms with Crippen LogP contribution in [0.5, 0.6) is 0 Å². The summed E-state index contributed by atoms with van der Waals surface area (Å²) in [6, 6.07) is 5.78. The fourth-order valence-corrected chi connectivity index (χ4v) is 2.09.